The summed E-state index contributed by atoms with van der Waals surface area (Å²) in [5.74, 6) is 0.430. The van der Waals surface area contributed by atoms with Crippen LogP contribution in [-0.2, 0) is 5.54 Å². The van der Waals surface area contributed by atoms with Crippen LogP contribution in [0.25, 0.3) is 0 Å². The van der Waals surface area contributed by atoms with Crippen LogP contribution in [0.2, 0.25) is 0 Å². The molecule has 0 spiro atoms. The molecule has 2 N–H and O–H groups in total. The standard InChI is InChI=1S/C12H16N2O/c15-8-9-6-12(4-3-11(9)14-12)10-2-1-5-13-7-10/h1-2,5,7,9,11,14-15H,3-4,6,8H2. The second kappa shape index (κ2) is 3.29. The lowest BCUT2D eigenvalue weighted by atomic mass is 9.78. The fourth-order valence-corrected chi connectivity index (χ4v) is 3.19. The van der Waals surface area contributed by atoms with Crippen molar-refractivity contribution in [2.75, 3.05) is 6.61 Å². The molecule has 15 heavy (non-hydrogen) atoms. The first-order chi connectivity index (χ1) is 7.34. The molecule has 3 nitrogen and oxygen atoms in total. The molecule has 3 atom stereocenters. The number of pyridine rings is 1. The van der Waals surface area contributed by atoms with Gasteiger partial charge < -0.3 is 10.4 Å². The summed E-state index contributed by atoms with van der Waals surface area (Å²) < 4.78 is 0. The van der Waals surface area contributed by atoms with Crippen LogP contribution < -0.4 is 5.32 Å². The van der Waals surface area contributed by atoms with Gasteiger partial charge in [-0.2, -0.15) is 0 Å². The Kier molecular flexibility index (Phi) is 2.04. The minimum Gasteiger partial charge on any atom is -0.396 e. The van der Waals surface area contributed by atoms with E-state index in [-0.39, 0.29) is 5.54 Å². The molecule has 0 aromatic carbocycles. The Bertz CT molecular complexity index is 354. The molecule has 2 aliphatic rings. The third-order valence-electron chi connectivity index (χ3n) is 3.97. The van der Waals surface area contributed by atoms with E-state index < -0.39 is 0 Å². The molecule has 0 aliphatic carbocycles. The van der Waals surface area contributed by atoms with E-state index in [9.17, 15) is 5.11 Å². The van der Waals surface area contributed by atoms with Gasteiger partial charge in [-0.3, -0.25) is 4.98 Å². The first-order valence-electron chi connectivity index (χ1n) is 5.63. The third kappa shape index (κ3) is 1.30. The SMILES string of the molecule is OCC1CC2(c3cccnc3)CCC1N2. The first kappa shape index (κ1) is 9.31. The molecule has 2 fully saturated rings. The van der Waals surface area contributed by atoms with Crippen LogP contribution in [0.15, 0.2) is 24.5 Å². The van der Waals surface area contributed by atoms with Crippen LogP contribution in [0.1, 0.15) is 24.8 Å². The predicted octanol–water partition coefficient (Wildman–Crippen LogP) is 1.04. The lowest BCUT2D eigenvalue weighted by Crippen LogP contribution is -2.33. The van der Waals surface area contributed by atoms with Crippen molar-refractivity contribution in [2.45, 2.75) is 30.8 Å². The summed E-state index contributed by atoms with van der Waals surface area (Å²) in [5.41, 5.74) is 1.38. The number of nitrogens with one attached hydrogen (secondary N) is 1. The van der Waals surface area contributed by atoms with Gasteiger partial charge in [0.1, 0.15) is 0 Å². The van der Waals surface area contributed by atoms with Crippen LogP contribution in [0, 0.1) is 5.92 Å². The summed E-state index contributed by atoms with van der Waals surface area (Å²) in [6, 6.07) is 4.64. The van der Waals surface area contributed by atoms with Crippen LogP contribution in [0.4, 0.5) is 0 Å². The van der Waals surface area contributed by atoms with Crippen LogP contribution in [0.3, 0.4) is 0 Å². The van der Waals surface area contributed by atoms with Crippen molar-refractivity contribution in [3.63, 3.8) is 0 Å². The number of hydrogen-bond donors (Lipinski definition) is 2. The quantitative estimate of drug-likeness (QED) is 0.756. The molecule has 2 aliphatic heterocycles. The van der Waals surface area contributed by atoms with Gasteiger partial charge in [-0.25, -0.2) is 0 Å². The van der Waals surface area contributed by atoms with E-state index in [1.165, 1.54) is 18.4 Å². The van der Waals surface area contributed by atoms with Crippen molar-refractivity contribution in [1.82, 2.24) is 10.3 Å². The van der Waals surface area contributed by atoms with E-state index in [4.69, 9.17) is 0 Å². The Balaban J connectivity index is 1.93. The maximum absolute atomic E-state index is 9.29. The number of aliphatic hydroxyl groups is 1. The van der Waals surface area contributed by atoms with Gasteiger partial charge in [0.05, 0.1) is 0 Å². The molecule has 0 saturated carbocycles. The average molecular weight is 204 g/mol. The number of fused-ring (bicyclic) bond motifs is 2. The van der Waals surface area contributed by atoms with Gasteiger partial charge in [-0.15, -0.1) is 0 Å². The molecular formula is C12H16N2O. The van der Waals surface area contributed by atoms with Gasteiger partial charge in [0.25, 0.3) is 0 Å². The monoisotopic (exact) mass is 204 g/mol. The molecule has 2 bridgehead atoms. The molecule has 3 unspecified atom stereocenters. The Hall–Kier alpha value is -0.930. The zero-order chi connectivity index (χ0) is 10.3. The summed E-state index contributed by atoms with van der Waals surface area (Å²) in [7, 11) is 0. The summed E-state index contributed by atoms with van der Waals surface area (Å²) >= 11 is 0. The minimum absolute atomic E-state index is 0.103. The van der Waals surface area contributed by atoms with Crippen LogP contribution in [0.5, 0.6) is 0 Å². The second-order valence-corrected chi connectivity index (χ2v) is 4.76. The maximum Gasteiger partial charge on any atom is 0.0474 e. The maximum atomic E-state index is 9.29. The number of aliphatic hydroxyl groups excluding tert-OH is 1. The van der Waals surface area contributed by atoms with Gasteiger partial charge in [-0.05, 0) is 36.8 Å². The molecule has 0 amide bonds. The largest absolute Gasteiger partial charge is 0.396 e. The lowest BCUT2D eigenvalue weighted by molar-refractivity contribution is 0.192. The Morgan fingerprint density at radius 2 is 2.53 bits per heavy atom. The van der Waals surface area contributed by atoms with Crippen molar-refractivity contribution in [1.29, 1.82) is 0 Å². The van der Waals surface area contributed by atoms with Gasteiger partial charge in [0, 0.05) is 30.6 Å². The third-order valence-corrected chi connectivity index (χ3v) is 3.97. The minimum atomic E-state index is 0.103. The predicted molar refractivity (Wildman–Crippen MR) is 57.3 cm³/mol. The Labute approximate surface area is 89.5 Å². The Morgan fingerprint density at radius 3 is 3.20 bits per heavy atom. The smallest absolute Gasteiger partial charge is 0.0474 e. The van der Waals surface area contributed by atoms with Gasteiger partial charge in [-0.1, -0.05) is 6.07 Å². The van der Waals surface area contributed by atoms with Crippen LogP contribution in [-0.4, -0.2) is 22.7 Å². The molecule has 3 rings (SSSR count). The summed E-state index contributed by atoms with van der Waals surface area (Å²) in [6.07, 6.45) is 7.18. The van der Waals surface area contributed by atoms with E-state index in [2.05, 4.69) is 16.4 Å². The Morgan fingerprint density at radius 1 is 1.60 bits per heavy atom. The number of rotatable bonds is 2. The van der Waals surface area contributed by atoms with E-state index in [0.717, 1.165) is 6.42 Å². The van der Waals surface area contributed by atoms with E-state index in [0.29, 0.717) is 18.6 Å². The summed E-state index contributed by atoms with van der Waals surface area (Å²) in [6.45, 7) is 0.305. The highest BCUT2D eigenvalue weighted by Gasteiger charge is 2.50. The molecule has 3 heteroatoms. The number of hydrogen-bond acceptors (Lipinski definition) is 3. The first-order valence-corrected chi connectivity index (χ1v) is 5.63. The highest BCUT2D eigenvalue weighted by Crippen LogP contribution is 2.47. The van der Waals surface area contributed by atoms with E-state index in [1.54, 1.807) is 0 Å². The van der Waals surface area contributed by atoms with Gasteiger partial charge >= 0.3 is 0 Å². The molecule has 0 radical (unpaired) electrons. The van der Waals surface area contributed by atoms with Crippen molar-refractivity contribution < 1.29 is 5.11 Å². The molecule has 1 aromatic heterocycles. The normalized spacial score (nSPS) is 38.5. The van der Waals surface area contributed by atoms with E-state index >= 15 is 0 Å². The average Bonchev–Trinajstić information content (AvgIpc) is 2.89. The van der Waals surface area contributed by atoms with Crippen molar-refractivity contribution in [3.8, 4) is 0 Å². The number of aromatic nitrogens is 1. The molecular weight excluding hydrogens is 188 g/mol. The van der Waals surface area contributed by atoms with Crippen molar-refractivity contribution in [2.24, 2.45) is 5.92 Å². The highest BCUT2D eigenvalue weighted by molar-refractivity contribution is 5.26. The fraction of sp³-hybridized carbons (Fsp3) is 0.583. The second-order valence-electron chi connectivity index (χ2n) is 4.76. The number of nitrogens with zero attached hydrogens (tertiary/aromatic N) is 1. The van der Waals surface area contributed by atoms with Crippen molar-refractivity contribution in [3.05, 3.63) is 30.1 Å². The lowest BCUT2D eigenvalue weighted by Gasteiger charge is -2.28. The molecule has 3 heterocycles. The highest BCUT2D eigenvalue weighted by atomic mass is 16.3. The topological polar surface area (TPSA) is 45.2 Å². The van der Waals surface area contributed by atoms with Crippen molar-refractivity contribution >= 4 is 0 Å². The molecule has 1 aromatic rings. The van der Waals surface area contributed by atoms with E-state index in [1.807, 2.05) is 18.5 Å². The zero-order valence-corrected chi connectivity index (χ0v) is 8.69. The van der Waals surface area contributed by atoms with Gasteiger partial charge in [0.15, 0.2) is 0 Å². The summed E-state index contributed by atoms with van der Waals surface area (Å²) in [4.78, 5) is 4.19. The van der Waals surface area contributed by atoms with Gasteiger partial charge in [0.2, 0.25) is 0 Å². The molecule has 80 valence electrons. The fourth-order valence-electron chi connectivity index (χ4n) is 3.19. The summed E-state index contributed by atoms with van der Waals surface area (Å²) in [5, 5.41) is 13.0. The molecule has 2 saturated heterocycles. The van der Waals surface area contributed by atoms with Crippen LogP contribution >= 0.6 is 0 Å². The zero-order valence-electron chi connectivity index (χ0n) is 8.69.